The molecule has 0 spiro atoms. The summed E-state index contributed by atoms with van der Waals surface area (Å²) in [5.74, 6) is 0. The van der Waals surface area contributed by atoms with Crippen LogP contribution in [0.15, 0.2) is 47.1 Å². The van der Waals surface area contributed by atoms with Crippen LogP contribution in [0.5, 0.6) is 0 Å². The third-order valence-corrected chi connectivity index (χ3v) is 3.24. The first kappa shape index (κ1) is 13.5. The van der Waals surface area contributed by atoms with Crippen LogP contribution in [-0.4, -0.2) is 16.5 Å². The lowest BCUT2D eigenvalue weighted by atomic mass is 10.2. The highest BCUT2D eigenvalue weighted by Crippen LogP contribution is 2.26. The standard InChI is InChI=1S/C13H12BrN3O2/c14-12-9-11(17(18)19)4-5-13(12)16-8-6-10-3-1-2-7-15-10/h1-5,7,9,16H,6,8H2. The van der Waals surface area contributed by atoms with Gasteiger partial charge >= 0.3 is 0 Å². The van der Waals surface area contributed by atoms with E-state index in [4.69, 9.17) is 0 Å². The van der Waals surface area contributed by atoms with Crippen LogP contribution in [0.1, 0.15) is 5.69 Å². The Morgan fingerprint density at radius 1 is 1.32 bits per heavy atom. The van der Waals surface area contributed by atoms with Gasteiger partial charge in [-0.25, -0.2) is 0 Å². The lowest BCUT2D eigenvalue weighted by molar-refractivity contribution is -0.384. The van der Waals surface area contributed by atoms with E-state index in [2.05, 4.69) is 26.2 Å². The maximum absolute atomic E-state index is 10.6. The Kier molecular flexibility index (Phi) is 4.46. The molecule has 0 unspecified atom stereocenters. The van der Waals surface area contributed by atoms with E-state index in [1.807, 2.05) is 18.2 Å². The van der Waals surface area contributed by atoms with Crippen LogP contribution in [0, 0.1) is 10.1 Å². The van der Waals surface area contributed by atoms with E-state index in [1.165, 1.54) is 12.1 Å². The summed E-state index contributed by atoms with van der Waals surface area (Å²) >= 11 is 3.32. The molecule has 1 aromatic carbocycles. The summed E-state index contributed by atoms with van der Waals surface area (Å²) in [6, 6.07) is 10.5. The second kappa shape index (κ2) is 6.29. The number of pyridine rings is 1. The SMILES string of the molecule is O=[N+]([O-])c1ccc(NCCc2ccccn2)c(Br)c1. The van der Waals surface area contributed by atoms with Crippen LogP contribution in [-0.2, 0) is 6.42 Å². The van der Waals surface area contributed by atoms with E-state index in [1.54, 1.807) is 12.3 Å². The zero-order valence-electron chi connectivity index (χ0n) is 10.0. The van der Waals surface area contributed by atoms with Gasteiger partial charge in [0.25, 0.3) is 5.69 Å². The van der Waals surface area contributed by atoms with Gasteiger partial charge in [-0.05, 0) is 34.1 Å². The molecule has 1 N–H and O–H groups in total. The van der Waals surface area contributed by atoms with Crippen molar-refractivity contribution in [3.05, 3.63) is 62.9 Å². The molecule has 0 aliphatic heterocycles. The molecule has 19 heavy (non-hydrogen) atoms. The third-order valence-electron chi connectivity index (χ3n) is 2.59. The van der Waals surface area contributed by atoms with Crippen molar-refractivity contribution < 1.29 is 4.92 Å². The summed E-state index contributed by atoms with van der Waals surface area (Å²) in [6.07, 6.45) is 2.56. The molecule has 0 fully saturated rings. The van der Waals surface area contributed by atoms with E-state index in [0.29, 0.717) is 11.0 Å². The van der Waals surface area contributed by atoms with Crippen molar-refractivity contribution >= 4 is 27.3 Å². The normalized spacial score (nSPS) is 10.2. The van der Waals surface area contributed by atoms with E-state index in [-0.39, 0.29) is 5.69 Å². The van der Waals surface area contributed by atoms with E-state index >= 15 is 0 Å². The molecule has 2 aromatic rings. The molecule has 0 radical (unpaired) electrons. The lowest BCUT2D eigenvalue weighted by Crippen LogP contribution is -2.06. The molecule has 0 bridgehead atoms. The maximum Gasteiger partial charge on any atom is 0.270 e. The zero-order valence-corrected chi connectivity index (χ0v) is 11.6. The third kappa shape index (κ3) is 3.75. The quantitative estimate of drug-likeness (QED) is 0.677. The minimum Gasteiger partial charge on any atom is -0.384 e. The number of nitro groups is 1. The molecule has 6 heteroatoms. The number of aromatic nitrogens is 1. The molecule has 5 nitrogen and oxygen atoms in total. The highest BCUT2D eigenvalue weighted by molar-refractivity contribution is 9.10. The van der Waals surface area contributed by atoms with Gasteiger partial charge in [0.1, 0.15) is 0 Å². The second-order valence-electron chi connectivity index (χ2n) is 3.92. The Labute approximate surface area is 119 Å². The molecule has 1 heterocycles. The molecule has 0 saturated carbocycles. The van der Waals surface area contributed by atoms with Gasteiger partial charge in [-0.3, -0.25) is 15.1 Å². The number of nitrogens with zero attached hydrogens (tertiary/aromatic N) is 2. The predicted molar refractivity (Wildman–Crippen MR) is 77.2 cm³/mol. The molecule has 0 saturated heterocycles. The first-order valence-electron chi connectivity index (χ1n) is 5.74. The summed E-state index contributed by atoms with van der Waals surface area (Å²) < 4.78 is 0.683. The van der Waals surface area contributed by atoms with Crippen molar-refractivity contribution in [1.29, 1.82) is 0 Å². The minimum absolute atomic E-state index is 0.0714. The van der Waals surface area contributed by atoms with Crippen molar-refractivity contribution in [3.63, 3.8) is 0 Å². The second-order valence-corrected chi connectivity index (χ2v) is 4.77. The fourth-order valence-electron chi connectivity index (χ4n) is 1.63. The highest BCUT2D eigenvalue weighted by atomic mass is 79.9. The number of nitrogens with one attached hydrogen (secondary N) is 1. The average molecular weight is 322 g/mol. The van der Waals surface area contributed by atoms with Crippen LogP contribution in [0.25, 0.3) is 0 Å². The summed E-state index contributed by atoms with van der Waals surface area (Å²) in [7, 11) is 0. The summed E-state index contributed by atoms with van der Waals surface area (Å²) in [5, 5.41) is 13.8. The number of non-ortho nitro benzene ring substituents is 1. The van der Waals surface area contributed by atoms with Crippen LogP contribution in [0.4, 0.5) is 11.4 Å². The maximum atomic E-state index is 10.6. The van der Waals surface area contributed by atoms with Gasteiger partial charge in [-0.2, -0.15) is 0 Å². The Bertz CT molecular complexity index is 575. The Morgan fingerprint density at radius 2 is 2.16 bits per heavy atom. The van der Waals surface area contributed by atoms with E-state index < -0.39 is 4.92 Å². The van der Waals surface area contributed by atoms with Gasteiger partial charge in [0.15, 0.2) is 0 Å². The zero-order chi connectivity index (χ0) is 13.7. The minimum atomic E-state index is -0.414. The molecule has 1 aromatic heterocycles. The summed E-state index contributed by atoms with van der Waals surface area (Å²) in [6.45, 7) is 0.716. The number of hydrogen-bond acceptors (Lipinski definition) is 4. The first-order valence-corrected chi connectivity index (χ1v) is 6.54. The molecule has 0 aliphatic rings. The van der Waals surface area contributed by atoms with Gasteiger partial charge in [-0.15, -0.1) is 0 Å². The van der Waals surface area contributed by atoms with Crippen molar-refractivity contribution in [3.8, 4) is 0 Å². The molecule has 0 amide bonds. The fraction of sp³-hybridized carbons (Fsp3) is 0.154. The van der Waals surface area contributed by atoms with Gasteiger partial charge < -0.3 is 5.32 Å². The van der Waals surface area contributed by atoms with Crippen molar-refractivity contribution in [2.75, 3.05) is 11.9 Å². The van der Waals surface area contributed by atoms with Crippen LogP contribution >= 0.6 is 15.9 Å². The molecule has 2 rings (SSSR count). The molecule has 0 aliphatic carbocycles. The van der Waals surface area contributed by atoms with E-state index in [9.17, 15) is 10.1 Å². The largest absolute Gasteiger partial charge is 0.384 e. The van der Waals surface area contributed by atoms with Crippen molar-refractivity contribution in [2.24, 2.45) is 0 Å². The van der Waals surface area contributed by atoms with Gasteiger partial charge in [0.05, 0.1) is 4.92 Å². The van der Waals surface area contributed by atoms with Crippen LogP contribution in [0.3, 0.4) is 0 Å². The lowest BCUT2D eigenvalue weighted by Gasteiger charge is -2.08. The van der Waals surface area contributed by atoms with Gasteiger partial charge in [0.2, 0.25) is 0 Å². The molecular formula is C13H12BrN3O2. The van der Waals surface area contributed by atoms with Gasteiger partial charge in [0, 0.05) is 47.1 Å². The number of hydrogen-bond donors (Lipinski definition) is 1. The molecule has 0 atom stereocenters. The Balaban J connectivity index is 1.95. The first-order chi connectivity index (χ1) is 9.16. The summed E-state index contributed by atoms with van der Waals surface area (Å²) in [4.78, 5) is 14.4. The van der Waals surface area contributed by atoms with Crippen LogP contribution in [0.2, 0.25) is 0 Å². The number of rotatable bonds is 5. The van der Waals surface area contributed by atoms with E-state index in [0.717, 1.165) is 17.8 Å². The Morgan fingerprint density at radius 3 is 2.79 bits per heavy atom. The molecule has 98 valence electrons. The topological polar surface area (TPSA) is 68.1 Å². The monoisotopic (exact) mass is 321 g/mol. The van der Waals surface area contributed by atoms with Crippen molar-refractivity contribution in [2.45, 2.75) is 6.42 Å². The smallest absolute Gasteiger partial charge is 0.270 e. The number of anilines is 1. The van der Waals surface area contributed by atoms with Crippen molar-refractivity contribution in [1.82, 2.24) is 4.98 Å². The highest BCUT2D eigenvalue weighted by Gasteiger charge is 2.08. The number of benzene rings is 1. The predicted octanol–water partition coefficient (Wildman–Crippen LogP) is 3.41. The van der Waals surface area contributed by atoms with Gasteiger partial charge in [-0.1, -0.05) is 6.07 Å². The average Bonchev–Trinajstić information content (AvgIpc) is 2.41. The molecular weight excluding hydrogens is 310 g/mol. The number of halogens is 1. The fourth-order valence-corrected chi connectivity index (χ4v) is 2.14. The number of nitro benzene ring substituents is 1. The summed E-state index contributed by atoms with van der Waals surface area (Å²) in [5.41, 5.74) is 1.91. The Hall–Kier alpha value is -1.95. The van der Waals surface area contributed by atoms with Crippen LogP contribution < -0.4 is 5.32 Å².